The van der Waals surface area contributed by atoms with Crippen molar-refractivity contribution in [2.75, 3.05) is 7.11 Å². The highest BCUT2D eigenvalue weighted by atomic mass is 16.5. The van der Waals surface area contributed by atoms with Crippen molar-refractivity contribution in [3.05, 3.63) is 41.5 Å². The number of carbonyl (C=O) groups is 1. The van der Waals surface area contributed by atoms with Gasteiger partial charge in [-0.15, -0.1) is 0 Å². The molecule has 0 radical (unpaired) electrons. The van der Waals surface area contributed by atoms with Gasteiger partial charge in [-0.1, -0.05) is 58.0 Å². The molecule has 10 atom stereocenters. The first kappa shape index (κ1) is 27.6. The monoisotopic (exact) mass is 521 g/mol. The lowest BCUT2D eigenvalue weighted by Crippen LogP contribution is -2.60. The second-order valence-corrected chi connectivity index (χ2v) is 13.6. The van der Waals surface area contributed by atoms with Crippen LogP contribution in [0.3, 0.4) is 0 Å². The fourth-order valence-electron chi connectivity index (χ4n) is 10.2. The van der Waals surface area contributed by atoms with E-state index in [9.17, 15) is 14.7 Å². The number of aliphatic hydroxyl groups is 1. The highest BCUT2D eigenvalue weighted by molar-refractivity contribution is 5.93. The maximum Gasteiger partial charge on any atom is 0.338 e. The molecule has 4 heteroatoms. The van der Waals surface area contributed by atoms with Crippen LogP contribution in [0.25, 0.3) is 6.08 Å². The molecule has 0 amide bonds. The summed E-state index contributed by atoms with van der Waals surface area (Å²) in [5.74, 6) is 3.74. The molecule has 4 saturated carbocycles. The Morgan fingerprint density at radius 1 is 1.11 bits per heavy atom. The number of hydrogen-bond acceptors (Lipinski definition) is 3. The van der Waals surface area contributed by atoms with E-state index in [1.807, 2.05) is 24.3 Å². The van der Waals surface area contributed by atoms with Gasteiger partial charge < -0.3 is 9.84 Å². The van der Waals surface area contributed by atoms with Crippen LogP contribution in [0.2, 0.25) is 0 Å². The minimum absolute atomic E-state index is 0.204. The van der Waals surface area contributed by atoms with Crippen molar-refractivity contribution >= 4 is 17.8 Å². The molecule has 0 heterocycles. The molecule has 4 fully saturated rings. The lowest BCUT2D eigenvalue weighted by Gasteiger charge is -2.60. The maximum atomic E-state index is 12.2. The third kappa shape index (κ3) is 4.39. The molecule has 0 unspecified atom stereocenters. The van der Waals surface area contributed by atoms with E-state index >= 15 is 0 Å². The molecular weight excluding hydrogens is 472 g/mol. The summed E-state index contributed by atoms with van der Waals surface area (Å²) in [6.07, 6.45) is 13.9. The molecule has 4 aliphatic rings. The van der Waals surface area contributed by atoms with Gasteiger partial charge in [0.05, 0.1) is 30.6 Å². The molecule has 208 valence electrons. The van der Waals surface area contributed by atoms with Gasteiger partial charge in [0.15, 0.2) is 0 Å². The van der Waals surface area contributed by atoms with Gasteiger partial charge in [0.25, 0.3) is 5.78 Å². The molecule has 2 N–H and O–H groups in total. The number of esters is 1. The predicted molar refractivity (Wildman–Crippen MR) is 153 cm³/mol. The lowest BCUT2D eigenvalue weighted by molar-refractivity contribution is -0.109. The van der Waals surface area contributed by atoms with Crippen LogP contribution in [-0.4, -0.2) is 34.9 Å². The predicted octanol–water partition coefficient (Wildman–Crippen LogP) is 7.32. The van der Waals surface area contributed by atoms with Crippen LogP contribution in [0.15, 0.2) is 30.3 Å². The summed E-state index contributed by atoms with van der Waals surface area (Å²) in [7, 11) is 1.43. The number of fused-ring (bicyclic) bond motifs is 5. The van der Waals surface area contributed by atoms with E-state index in [1.165, 1.54) is 32.8 Å². The van der Waals surface area contributed by atoms with Gasteiger partial charge in [0, 0.05) is 0 Å². The average molecular weight is 522 g/mol. The minimum Gasteiger partial charge on any atom is -0.465 e. The zero-order valence-corrected chi connectivity index (χ0v) is 24.2. The second kappa shape index (κ2) is 10.6. The van der Waals surface area contributed by atoms with Crippen LogP contribution in [0.5, 0.6) is 0 Å². The van der Waals surface area contributed by atoms with E-state index in [0.717, 1.165) is 43.5 Å². The van der Waals surface area contributed by atoms with Crippen LogP contribution in [0.1, 0.15) is 101 Å². The Morgan fingerprint density at radius 3 is 2.55 bits per heavy atom. The summed E-state index contributed by atoms with van der Waals surface area (Å²) < 4.78 is 4.96. The molecule has 0 aromatic heterocycles. The Morgan fingerprint density at radius 2 is 1.82 bits per heavy atom. The summed E-state index contributed by atoms with van der Waals surface area (Å²) in [6, 6.07) is 7.64. The van der Waals surface area contributed by atoms with Gasteiger partial charge in [0.2, 0.25) is 0 Å². The maximum absolute atomic E-state index is 12.2. The van der Waals surface area contributed by atoms with Crippen molar-refractivity contribution in [2.45, 2.75) is 91.6 Å². The molecule has 0 bridgehead atoms. The standard InChI is InChI=1S/C34H48O4/c1-6-24-29-20-23(35)16-18-34(29,4)28-17-19-33(3)26(14-15-27(33)30(28)31(24)36)21(2)10-9-12-22-11-7-8-13-25(22)32(37)38-5/h7-9,11-13,21,23-24,26-30,35H,6,10,14-20H2,1-5H3/p+1/b12-9+/t21-,23-,24-,26-,27+,28+,29+,30+,33-,34-/m1/s1. The smallest absolute Gasteiger partial charge is 0.338 e. The summed E-state index contributed by atoms with van der Waals surface area (Å²) >= 11 is 0. The summed E-state index contributed by atoms with van der Waals surface area (Å²) in [4.78, 5) is 24.0. The van der Waals surface area contributed by atoms with E-state index in [4.69, 9.17) is 4.74 Å². The second-order valence-electron chi connectivity index (χ2n) is 13.6. The number of aliphatic hydroxyl groups excluding tert-OH is 1. The quantitative estimate of drug-likeness (QED) is 0.315. The van der Waals surface area contributed by atoms with Gasteiger partial charge in [-0.3, -0.25) is 4.79 Å². The SMILES string of the molecule is CC[C@H]1C(=[OH+])[C@@H]2[C@H](CC[C@]3(C)[C@@H]([C@H](C)C/C=C/c4ccccc4C(=O)OC)CC[C@@H]23)[C@@]2(C)CC[C@@H](O)C[C@@H]12. The van der Waals surface area contributed by atoms with Crippen molar-refractivity contribution in [3.63, 3.8) is 0 Å². The van der Waals surface area contributed by atoms with E-state index in [1.54, 1.807) is 0 Å². The number of ketones is 1. The van der Waals surface area contributed by atoms with Gasteiger partial charge in [0.1, 0.15) is 0 Å². The molecule has 1 aromatic carbocycles. The Balaban J connectivity index is 1.34. The highest BCUT2D eigenvalue weighted by Gasteiger charge is 2.67. The van der Waals surface area contributed by atoms with Crippen molar-refractivity contribution in [1.82, 2.24) is 0 Å². The minimum atomic E-state index is -0.293. The number of rotatable bonds is 6. The number of allylic oxidation sites excluding steroid dienone is 1. The normalized spacial score (nSPS) is 41.3. The highest BCUT2D eigenvalue weighted by Crippen LogP contribution is 2.68. The van der Waals surface area contributed by atoms with Gasteiger partial charge in [-0.2, -0.15) is 0 Å². The Bertz CT molecular complexity index is 1080. The largest absolute Gasteiger partial charge is 0.465 e. The first-order valence-corrected chi connectivity index (χ1v) is 15.2. The summed E-state index contributed by atoms with van der Waals surface area (Å²) in [6.45, 7) is 9.67. The van der Waals surface area contributed by atoms with E-state index in [-0.39, 0.29) is 28.8 Å². The number of carbonyl (C=O) groups excluding carboxylic acids is 2. The van der Waals surface area contributed by atoms with Crippen molar-refractivity contribution in [2.24, 2.45) is 52.3 Å². The number of ether oxygens (including phenoxy) is 1. The van der Waals surface area contributed by atoms with Gasteiger partial charge >= 0.3 is 5.97 Å². The molecule has 0 saturated heterocycles. The fourth-order valence-corrected chi connectivity index (χ4v) is 10.2. The van der Waals surface area contributed by atoms with Crippen LogP contribution < -0.4 is 0 Å². The van der Waals surface area contributed by atoms with Crippen LogP contribution in [0, 0.1) is 52.3 Å². The number of methoxy groups -OCH3 is 1. The third-order valence-electron chi connectivity index (χ3n) is 12.1. The Hall–Kier alpha value is -1.94. The molecule has 38 heavy (non-hydrogen) atoms. The zero-order valence-electron chi connectivity index (χ0n) is 24.2. The fraction of sp³-hybridized carbons (Fsp3) is 0.706. The lowest BCUT2D eigenvalue weighted by atomic mass is 9.42. The molecule has 1 aromatic rings. The third-order valence-corrected chi connectivity index (χ3v) is 12.1. The first-order chi connectivity index (χ1) is 18.2. The zero-order chi connectivity index (χ0) is 27.2. The van der Waals surface area contributed by atoms with Crippen molar-refractivity contribution in [1.29, 1.82) is 0 Å². The van der Waals surface area contributed by atoms with Crippen LogP contribution in [-0.2, 0) is 4.74 Å². The van der Waals surface area contributed by atoms with E-state index in [0.29, 0.717) is 41.1 Å². The Kier molecular flexibility index (Phi) is 7.68. The van der Waals surface area contributed by atoms with Crippen LogP contribution >= 0.6 is 0 Å². The van der Waals surface area contributed by atoms with Gasteiger partial charge in [-0.25, -0.2) is 4.79 Å². The number of benzene rings is 1. The average Bonchev–Trinajstić information content (AvgIpc) is 3.27. The van der Waals surface area contributed by atoms with E-state index < -0.39 is 0 Å². The molecule has 0 aliphatic heterocycles. The molecule has 5 rings (SSSR count). The Labute approximate surface area is 229 Å². The topological polar surface area (TPSA) is 67.9 Å². The molecule has 4 nitrogen and oxygen atoms in total. The summed E-state index contributed by atoms with van der Waals surface area (Å²) in [5, 5.41) is 10.5. The van der Waals surface area contributed by atoms with E-state index in [2.05, 4.69) is 39.8 Å². The van der Waals surface area contributed by atoms with Gasteiger partial charge in [-0.05, 0) is 110 Å². The van der Waals surface area contributed by atoms with Crippen LogP contribution in [0.4, 0.5) is 0 Å². The first-order valence-electron chi connectivity index (χ1n) is 15.2. The molecule has 4 aliphatic carbocycles. The number of hydrogen-bond donors (Lipinski definition) is 1. The van der Waals surface area contributed by atoms with Crippen molar-refractivity contribution < 1.29 is 19.4 Å². The molecule has 0 spiro atoms. The summed E-state index contributed by atoms with van der Waals surface area (Å²) in [5.41, 5.74) is 2.01. The van der Waals surface area contributed by atoms with Crippen molar-refractivity contribution in [3.8, 4) is 0 Å². The molecular formula is C34H49O4+.